The molecule has 0 heterocycles. The van der Waals surface area contributed by atoms with Gasteiger partial charge < -0.3 is 10.5 Å². The Hall–Kier alpha value is -2.06. The number of hydrogen-bond donors (Lipinski definition) is 1. The zero-order valence-electron chi connectivity index (χ0n) is 12.0. The number of carbonyl (C=O) groups is 1. The standard InChI is InChI=1S/C15H21N3O2/c1-12(2)18(11-15(17)19)9-10-20-14-5-3-13(4-6-14)7-8-16/h3-6,12H,7,9-11H2,1-2H3,(H2,17,19). The number of nitrogens with two attached hydrogens (primary N) is 1. The Kier molecular flexibility index (Phi) is 6.54. The van der Waals surface area contributed by atoms with Crippen molar-refractivity contribution in [3.05, 3.63) is 29.8 Å². The number of nitriles is 1. The molecule has 0 aliphatic heterocycles. The molecule has 2 N–H and O–H groups in total. The summed E-state index contributed by atoms with van der Waals surface area (Å²) in [5.74, 6) is 0.425. The fourth-order valence-corrected chi connectivity index (χ4v) is 1.80. The van der Waals surface area contributed by atoms with Crippen molar-refractivity contribution in [3.63, 3.8) is 0 Å². The second-order valence-corrected chi connectivity index (χ2v) is 4.86. The molecule has 0 aromatic heterocycles. The van der Waals surface area contributed by atoms with E-state index in [-0.39, 0.29) is 18.5 Å². The summed E-state index contributed by atoms with van der Waals surface area (Å²) in [7, 11) is 0. The van der Waals surface area contributed by atoms with Crippen LogP contribution in [0.2, 0.25) is 0 Å². The molecule has 0 atom stereocenters. The lowest BCUT2D eigenvalue weighted by molar-refractivity contribution is -0.119. The molecule has 5 nitrogen and oxygen atoms in total. The van der Waals surface area contributed by atoms with Crippen molar-refractivity contribution < 1.29 is 9.53 Å². The molecule has 0 fully saturated rings. The largest absolute Gasteiger partial charge is 0.492 e. The smallest absolute Gasteiger partial charge is 0.231 e. The third kappa shape index (κ3) is 5.72. The summed E-state index contributed by atoms with van der Waals surface area (Å²) >= 11 is 0. The Balaban J connectivity index is 2.42. The van der Waals surface area contributed by atoms with Gasteiger partial charge in [0.2, 0.25) is 5.91 Å². The maximum atomic E-state index is 11.0. The van der Waals surface area contributed by atoms with E-state index in [1.807, 2.05) is 43.0 Å². The van der Waals surface area contributed by atoms with Crippen molar-refractivity contribution >= 4 is 5.91 Å². The van der Waals surface area contributed by atoms with Crippen molar-refractivity contribution in [2.75, 3.05) is 19.7 Å². The van der Waals surface area contributed by atoms with E-state index in [0.717, 1.165) is 11.3 Å². The molecule has 1 amide bonds. The van der Waals surface area contributed by atoms with Gasteiger partial charge in [-0.1, -0.05) is 12.1 Å². The lowest BCUT2D eigenvalue weighted by Crippen LogP contribution is -2.40. The molecule has 0 bridgehead atoms. The van der Waals surface area contributed by atoms with Crippen molar-refractivity contribution in [3.8, 4) is 11.8 Å². The molecule has 1 aromatic rings. The van der Waals surface area contributed by atoms with Gasteiger partial charge in [-0.05, 0) is 31.5 Å². The molecule has 0 aliphatic carbocycles. The van der Waals surface area contributed by atoms with Gasteiger partial charge in [-0.25, -0.2) is 0 Å². The number of rotatable bonds is 8. The molecule has 5 heteroatoms. The van der Waals surface area contributed by atoms with E-state index in [1.54, 1.807) is 0 Å². The van der Waals surface area contributed by atoms with Gasteiger partial charge in [0.1, 0.15) is 12.4 Å². The van der Waals surface area contributed by atoms with Crippen LogP contribution in [0.1, 0.15) is 19.4 Å². The molecule has 0 radical (unpaired) electrons. The van der Waals surface area contributed by atoms with Crippen LogP contribution in [0.3, 0.4) is 0 Å². The molecule has 1 aromatic carbocycles. The minimum absolute atomic E-state index is 0.238. The Labute approximate surface area is 119 Å². The van der Waals surface area contributed by atoms with Gasteiger partial charge in [0.25, 0.3) is 0 Å². The average Bonchev–Trinajstić information content (AvgIpc) is 2.39. The van der Waals surface area contributed by atoms with Crippen LogP contribution in [0.25, 0.3) is 0 Å². The second-order valence-electron chi connectivity index (χ2n) is 4.86. The molecule has 0 saturated carbocycles. The van der Waals surface area contributed by atoms with Crippen molar-refractivity contribution in [1.82, 2.24) is 4.90 Å². The van der Waals surface area contributed by atoms with E-state index in [0.29, 0.717) is 19.6 Å². The Morgan fingerprint density at radius 3 is 2.55 bits per heavy atom. The second kappa shape index (κ2) is 8.18. The lowest BCUT2D eigenvalue weighted by atomic mass is 10.2. The Morgan fingerprint density at radius 1 is 1.40 bits per heavy atom. The van der Waals surface area contributed by atoms with Gasteiger partial charge in [0.15, 0.2) is 0 Å². The maximum Gasteiger partial charge on any atom is 0.231 e. The molecule has 0 unspecified atom stereocenters. The number of benzene rings is 1. The predicted octanol–water partition coefficient (Wildman–Crippen LogP) is 1.33. The minimum Gasteiger partial charge on any atom is -0.492 e. The van der Waals surface area contributed by atoms with Gasteiger partial charge >= 0.3 is 0 Å². The summed E-state index contributed by atoms with van der Waals surface area (Å²) in [6, 6.07) is 9.79. The predicted molar refractivity (Wildman–Crippen MR) is 77.2 cm³/mol. The summed E-state index contributed by atoms with van der Waals surface area (Å²) < 4.78 is 5.62. The maximum absolute atomic E-state index is 11.0. The number of hydrogen-bond acceptors (Lipinski definition) is 4. The van der Waals surface area contributed by atoms with Crippen LogP contribution in [0.4, 0.5) is 0 Å². The molecular weight excluding hydrogens is 254 g/mol. The van der Waals surface area contributed by atoms with E-state index in [2.05, 4.69) is 6.07 Å². The third-order valence-electron chi connectivity index (χ3n) is 2.94. The van der Waals surface area contributed by atoms with Crippen molar-refractivity contribution in [1.29, 1.82) is 5.26 Å². The summed E-state index contributed by atoms with van der Waals surface area (Å²) in [4.78, 5) is 12.9. The number of ether oxygens (including phenoxy) is 1. The van der Waals surface area contributed by atoms with E-state index in [4.69, 9.17) is 15.7 Å². The minimum atomic E-state index is -0.334. The summed E-state index contributed by atoms with van der Waals surface area (Å²) in [6.45, 7) is 5.39. The first-order chi connectivity index (χ1) is 9.52. The van der Waals surface area contributed by atoms with E-state index >= 15 is 0 Å². The fourth-order valence-electron chi connectivity index (χ4n) is 1.80. The Bertz CT molecular complexity index is 463. The van der Waals surface area contributed by atoms with Crippen molar-refractivity contribution in [2.45, 2.75) is 26.3 Å². The van der Waals surface area contributed by atoms with Crippen molar-refractivity contribution in [2.24, 2.45) is 5.73 Å². The first-order valence-corrected chi connectivity index (χ1v) is 6.64. The highest BCUT2D eigenvalue weighted by Gasteiger charge is 2.11. The van der Waals surface area contributed by atoms with Crippen LogP contribution in [-0.4, -0.2) is 36.5 Å². The molecule has 0 saturated heterocycles. The fraction of sp³-hybridized carbons (Fsp3) is 0.467. The topological polar surface area (TPSA) is 79.3 Å². The molecule has 108 valence electrons. The average molecular weight is 275 g/mol. The zero-order valence-corrected chi connectivity index (χ0v) is 12.0. The monoisotopic (exact) mass is 275 g/mol. The number of primary amides is 1. The van der Waals surface area contributed by atoms with Crippen LogP contribution in [-0.2, 0) is 11.2 Å². The molecule has 1 rings (SSSR count). The van der Waals surface area contributed by atoms with Crippen LogP contribution in [0, 0.1) is 11.3 Å². The molecule has 0 aliphatic rings. The normalized spacial score (nSPS) is 10.6. The van der Waals surface area contributed by atoms with E-state index in [1.165, 1.54) is 0 Å². The highest BCUT2D eigenvalue weighted by molar-refractivity contribution is 5.75. The SMILES string of the molecule is CC(C)N(CCOc1ccc(CC#N)cc1)CC(N)=O. The van der Waals surface area contributed by atoms with Gasteiger partial charge in [-0.3, -0.25) is 9.69 Å². The van der Waals surface area contributed by atoms with Gasteiger partial charge in [0, 0.05) is 12.6 Å². The lowest BCUT2D eigenvalue weighted by Gasteiger charge is -2.24. The van der Waals surface area contributed by atoms with E-state index < -0.39 is 0 Å². The molecule has 0 spiro atoms. The highest BCUT2D eigenvalue weighted by Crippen LogP contribution is 2.12. The zero-order chi connectivity index (χ0) is 15.0. The van der Waals surface area contributed by atoms with Gasteiger partial charge in [0.05, 0.1) is 19.0 Å². The quantitative estimate of drug-likeness (QED) is 0.776. The van der Waals surface area contributed by atoms with Gasteiger partial charge in [-0.15, -0.1) is 0 Å². The summed E-state index contributed by atoms with van der Waals surface area (Å²) in [5.41, 5.74) is 6.18. The number of amides is 1. The summed E-state index contributed by atoms with van der Waals surface area (Å²) in [5, 5.41) is 8.59. The van der Waals surface area contributed by atoms with Crippen LogP contribution in [0.5, 0.6) is 5.75 Å². The first kappa shape index (κ1) is 16.0. The van der Waals surface area contributed by atoms with Crippen LogP contribution < -0.4 is 10.5 Å². The van der Waals surface area contributed by atoms with Crippen LogP contribution >= 0.6 is 0 Å². The first-order valence-electron chi connectivity index (χ1n) is 6.64. The Morgan fingerprint density at radius 2 is 2.05 bits per heavy atom. The third-order valence-corrected chi connectivity index (χ3v) is 2.94. The number of nitrogens with zero attached hydrogens (tertiary/aromatic N) is 2. The van der Waals surface area contributed by atoms with E-state index in [9.17, 15) is 4.79 Å². The summed E-state index contributed by atoms with van der Waals surface area (Å²) in [6.07, 6.45) is 0.403. The highest BCUT2D eigenvalue weighted by atomic mass is 16.5. The molecular formula is C15H21N3O2. The van der Waals surface area contributed by atoms with Gasteiger partial charge in [-0.2, -0.15) is 5.26 Å². The van der Waals surface area contributed by atoms with Crippen LogP contribution in [0.15, 0.2) is 24.3 Å². The number of carbonyl (C=O) groups excluding carboxylic acids is 1. The molecule has 20 heavy (non-hydrogen) atoms.